The van der Waals surface area contributed by atoms with E-state index in [1.165, 1.54) is 23.4 Å². The van der Waals surface area contributed by atoms with E-state index in [1.807, 2.05) is 12.1 Å². The number of carbonyl (C=O) groups is 1. The Hall–Kier alpha value is -2.80. The normalized spacial score (nSPS) is 14.3. The molecule has 0 spiro atoms. The third-order valence-corrected chi connectivity index (χ3v) is 5.56. The Balaban J connectivity index is 1.54. The number of benzene rings is 2. The Kier molecular flexibility index (Phi) is 4.39. The number of fused-ring (bicyclic) bond motifs is 3. The summed E-state index contributed by atoms with van der Waals surface area (Å²) >= 11 is 1.35. The summed E-state index contributed by atoms with van der Waals surface area (Å²) in [5.41, 5.74) is 2.58. The molecule has 0 fully saturated rings. The average molecular weight is 380 g/mol. The molecule has 2 heterocycles. The zero-order chi connectivity index (χ0) is 19.0. The molecule has 0 saturated carbocycles. The van der Waals surface area contributed by atoms with E-state index in [0.29, 0.717) is 5.69 Å². The summed E-state index contributed by atoms with van der Waals surface area (Å²) in [5.74, 6) is 0.872. The van der Waals surface area contributed by atoms with Crippen LogP contribution in [-0.2, 0) is 16.8 Å². The molecule has 138 valence electrons. The number of nitrogens with zero attached hydrogens (tertiary/aromatic N) is 3. The molecule has 0 atom stereocenters. The molecule has 4 rings (SSSR count). The number of aromatic hydroxyl groups is 1. The maximum absolute atomic E-state index is 12.3. The lowest BCUT2D eigenvalue weighted by atomic mass is 9.87. The first kappa shape index (κ1) is 17.6. The summed E-state index contributed by atoms with van der Waals surface area (Å²) in [6.45, 7) is 4.31. The molecule has 6 nitrogen and oxygen atoms in total. The second kappa shape index (κ2) is 6.74. The van der Waals surface area contributed by atoms with Crippen molar-refractivity contribution >= 4 is 23.4 Å². The lowest BCUT2D eigenvalue weighted by molar-refractivity contribution is -0.113. The smallest absolute Gasteiger partial charge is 0.234 e. The molecule has 3 aromatic rings. The maximum atomic E-state index is 12.3. The zero-order valence-electron chi connectivity index (χ0n) is 15.1. The van der Waals surface area contributed by atoms with E-state index in [9.17, 15) is 9.90 Å². The van der Waals surface area contributed by atoms with Gasteiger partial charge in [0, 0.05) is 11.1 Å². The quantitative estimate of drug-likeness (QED) is 0.533. The van der Waals surface area contributed by atoms with Gasteiger partial charge >= 0.3 is 0 Å². The zero-order valence-corrected chi connectivity index (χ0v) is 16.0. The minimum Gasteiger partial charge on any atom is -0.506 e. The maximum Gasteiger partial charge on any atom is 0.234 e. The van der Waals surface area contributed by atoms with E-state index in [2.05, 4.69) is 46.1 Å². The Labute approximate surface area is 161 Å². The van der Waals surface area contributed by atoms with Crippen LogP contribution in [0.5, 0.6) is 5.75 Å². The van der Waals surface area contributed by atoms with Crippen LogP contribution in [0.25, 0.3) is 11.4 Å². The van der Waals surface area contributed by atoms with Crippen molar-refractivity contribution in [3.05, 3.63) is 54.1 Å². The van der Waals surface area contributed by atoms with Crippen LogP contribution < -0.4 is 5.32 Å². The molecule has 1 aliphatic rings. The number of anilines is 1. The Morgan fingerprint density at radius 2 is 1.93 bits per heavy atom. The van der Waals surface area contributed by atoms with Gasteiger partial charge in [0.15, 0.2) is 11.0 Å². The Bertz CT molecular complexity index is 1010. The fraction of sp³-hybridized carbons (Fsp3) is 0.250. The SMILES string of the molecule is CC1(C)Cc2ccccc2-c2nnc(SCC(=O)Nc3ccccc3O)n21. The summed E-state index contributed by atoms with van der Waals surface area (Å²) < 4.78 is 2.12. The van der Waals surface area contributed by atoms with E-state index >= 15 is 0 Å². The minimum absolute atomic E-state index is 0.0495. The predicted octanol–water partition coefficient (Wildman–Crippen LogP) is 3.67. The molecular weight excluding hydrogens is 360 g/mol. The van der Waals surface area contributed by atoms with Crippen molar-refractivity contribution in [1.29, 1.82) is 0 Å². The fourth-order valence-corrected chi connectivity index (χ4v) is 4.31. The number of phenolic OH excluding ortho intramolecular Hbond substituents is 1. The first-order valence-electron chi connectivity index (χ1n) is 8.70. The molecule has 1 amide bonds. The van der Waals surface area contributed by atoms with Gasteiger partial charge in [0.05, 0.1) is 11.4 Å². The third-order valence-electron chi connectivity index (χ3n) is 4.63. The second-order valence-corrected chi connectivity index (χ2v) is 8.08. The number of amides is 1. The molecule has 27 heavy (non-hydrogen) atoms. The van der Waals surface area contributed by atoms with Crippen molar-refractivity contribution in [2.45, 2.75) is 31.0 Å². The lowest BCUT2D eigenvalue weighted by Crippen LogP contribution is -2.33. The molecule has 2 N–H and O–H groups in total. The van der Waals surface area contributed by atoms with Crippen LogP contribution in [0.15, 0.2) is 53.7 Å². The number of aromatic nitrogens is 3. The Morgan fingerprint density at radius 1 is 1.19 bits per heavy atom. The summed E-state index contributed by atoms with van der Waals surface area (Å²) in [7, 11) is 0. The molecule has 0 bridgehead atoms. The van der Waals surface area contributed by atoms with Crippen molar-refractivity contribution in [3.8, 4) is 17.1 Å². The first-order chi connectivity index (χ1) is 13.0. The minimum atomic E-state index is -0.201. The summed E-state index contributed by atoms with van der Waals surface area (Å²) in [4.78, 5) is 12.3. The molecule has 0 saturated heterocycles. The number of thioether (sulfide) groups is 1. The van der Waals surface area contributed by atoms with Gasteiger partial charge in [0.2, 0.25) is 5.91 Å². The number of rotatable bonds is 4. The Morgan fingerprint density at radius 3 is 2.74 bits per heavy atom. The van der Waals surface area contributed by atoms with Gasteiger partial charge in [0.25, 0.3) is 0 Å². The van der Waals surface area contributed by atoms with Crippen molar-refractivity contribution in [1.82, 2.24) is 14.8 Å². The highest BCUT2D eigenvalue weighted by Gasteiger charge is 2.34. The number of phenols is 1. The van der Waals surface area contributed by atoms with Crippen LogP contribution in [0.1, 0.15) is 19.4 Å². The molecule has 1 aromatic heterocycles. The van der Waals surface area contributed by atoms with Gasteiger partial charge in [-0.05, 0) is 38.0 Å². The number of hydrogen-bond donors (Lipinski definition) is 2. The molecule has 0 unspecified atom stereocenters. The van der Waals surface area contributed by atoms with E-state index < -0.39 is 0 Å². The number of nitrogens with one attached hydrogen (secondary N) is 1. The highest BCUT2D eigenvalue weighted by atomic mass is 32.2. The summed E-state index contributed by atoms with van der Waals surface area (Å²) in [6, 6.07) is 14.9. The average Bonchev–Trinajstić information content (AvgIpc) is 3.07. The highest BCUT2D eigenvalue weighted by molar-refractivity contribution is 7.99. The number of carbonyl (C=O) groups excluding carboxylic acids is 1. The largest absolute Gasteiger partial charge is 0.506 e. The van der Waals surface area contributed by atoms with Crippen LogP contribution in [0.2, 0.25) is 0 Å². The van der Waals surface area contributed by atoms with E-state index in [1.54, 1.807) is 18.2 Å². The predicted molar refractivity (Wildman–Crippen MR) is 106 cm³/mol. The van der Waals surface area contributed by atoms with Gasteiger partial charge < -0.3 is 10.4 Å². The van der Waals surface area contributed by atoms with Crippen molar-refractivity contribution < 1.29 is 9.90 Å². The van der Waals surface area contributed by atoms with Gasteiger partial charge in [0.1, 0.15) is 5.75 Å². The van der Waals surface area contributed by atoms with Crippen molar-refractivity contribution in [2.24, 2.45) is 0 Å². The van der Waals surface area contributed by atoms with Crippen LogP contribution in [0, 0.1) is 0 Å². The van der Waals surface area contributed by atoms with Gasteiger partial charge in [-0.3, -0.25) is 9.36 Å². The molecule has 0 radical (unpaired) electrons. The van der Waals surface area contributed by atoms with E-state index in [4.69, 9.17) is 0 Å². The van der Waals surface area contributed by atoms with E-state index in [-0.39, 0.29) is 22.9 Å². The van der Waals surface area contributed by atoms with Crippen LogP contribution >= 0.6 is 11.8 Å². The second-order valence-electron chi connectivity index (χ2n) is 7.14. The molecule has 2 aromatic carbocycles. The molecular formula is C20H20N4O2S. The molecule has 7 heteroatoms. The monoisotopic (exact) mass is 380 g/mol. The standard InChI is InChI=1S/C20H20N4O2S/c1-20(2)11-13-7-3-4-8-14(13)18-22-23-19(24(18)20)27-12-17(26)21-15-9-5-6-10-16(15)25/h3-10,25H,11-12H2,1-2H3,(H,21,26). The van der Waals surface area contributed by atoms with Crippen molar-refractivity contribution in [3.63, 3.8) is 0 Å². The first-order valence-corrected chi connectivity index (χ1v) is 9.69. The third kappa shape index (κ3) is 3.30. The van der Waals surface area contributed by atoms with Gasteiger partial charge in [-0.25, -0.2) is 0 Å². The van der Waals surface area contributed by atoms with Crippen LogP contribution in [0.3, 0.4) is 0 Å². The number of hydrogen-bond acceptors (Lipinski definition) is 5. The van der Waals surface area contributed by atoms with E-state index in [0.717, 1.165) is 23.0 Å². The van der Waals surface area contributed by atoms with Crippen molar-refractivity contribution in [2.75, 3.05) is 11.1 Å². The van der Waals surface area contributed by atoms with Crippen LogP contribution in [0.4, 0.5) is 5.69 Å². The lowest BCUT2D eigenvalue weighted by Gasteiger charge is -2.34. The molecule has 1 aliphatic heterocycles. The van der Waals surface area contributed by atoms with Gasteiger partial charge in [-0.2, -0.15) is 0 Å². The highest BCUT2D eigenvalue weighted by Crippen LogP contribution is 2.39. The van der Waals surface area contributed by atoms with Crippen LogP contribution in [-0.4, -0.2) is 31.5 Å². The molecule has 0 aliphatic carbocycles. The fourth-order valence-electron chi connectivity index (χ4n) is 3.42. The summed E-state index contributed by atoms with van der Waals surface area (Å²) in [5, 5.41) is 22.0. The van der Waals surface area contributed by atoms with Gasteiger partial charge in [-0.15, -0.1) is 10.2 Å². The summed E-state index contributed by atoms with van der Waals surface area (Å²) in [6.07, 6.45) is 0.881. The number of para-hydroxylation sites is 2. The van der Waals surface area contributed by atoms with Gasteiger partial charge in [-0.1, -0.05) is 48.2 Å². The topological polar surface area (TPSA) is 80.0 Å².